The molecule has 1 atom stereocenters. The van der Waals surface area contributed by atoms with E-state index >= 15 is 0 Å². The van der Waals surface area contributed by atoms with Crippen molar-refractivity contribution in [3.63, 3.8) is 0 Å². The molecule has 108 valence electrons. The minimum atomic E-state index is 0.100. The minimum Gasteiger partial charge on any atom is -0.368 e. The maximum absolute atomic E-state index is 5.93. The van der Waals surface area contributed by atoms with Gasteiger partial charge in [0.05, 0.1) is 12.4 Å². The zero-order valence-electron chi connectivity index (χ0n) is 11.7. The van der Waals surface area contributed by atoms with Crippen molar-refractivity contribution in [1.29, 1.82) is 0 Å². The van der Waals surface area contributed by atoms with Crippen molar-refractivity contribution in [1.82, 2.24) is 19.9 Å². The predicted molar refractivity (Wildman–Crippen MR) is 84.4 cm³/mol. The van der Waals surface area contributed by atoms with E-state index in [9.17, 15) is 0 Å². The topological polar surface area (TPSA) is 83.7 Å². The molecule has 0 saturated carbocycles. The Morgan fingerprint density at radius 2 is 1.95 bits per heavy atom. The van der Waals surface area contributed by atoms with Gasteiger partial charge in [0.1, 0.15) is 5.52 Å². The molecule has 1 unspecified atom stereocenters. The number of fused-ring (bicyclic) bond motifs is 1. The first-order chi connectivity index (χ1) is 10.1. The van der Waals surface area contributed by atoms with Crippen LogP contribution in [0.2, 0.25) is 5.02 Å². The maximum Gasteiger partial charge on any atom is 0.224 e. The molecule has 0 aliphatic rings. The highest BCUT2D eigenvalue weighted by molar-refractivity contribution is 6.30. The molecule has 0 aliphatic carbocycles. The fourth-order valence-electron chi connectivity index (χ4n) is 2.24. The molecule has 7 heteroatoms. The Hall–Kier alpha value is -2.34. The smallest absolute Gasteiger partial charge is 0.224 e. The second kappa shape index (κ2) is 5.21. The van der Waals surface area contributed by atoms with E-state index in [0.717, 1.165) is 21.9 Å². The van der Waals surface area contributed by atoms with Crippen molar-refractivity contribution in [2.45, 2.75) is 13.0 Å². The lowest BCUT2D eigenvalue weighted by molar-refractivity contribution is 0.731. The third-order valence-electron chi connectivity index (χ3n) is 3.55. The molecule has 0 spiro atoms. The van der Waals surface area contributed by atoms with Crippen LogP contribution >= 0.6 is 11.6 Å². The van der Waals surface area contributed by atoms with Crippen LogP contribution in [-0.4, -0.2) is 27.0 Å². The number of hydrogen-bond donors (Lipinski definition) is 2. The molecule has 6 nitrogen and oxygen atoms in total. The van der Waals surface area contributed by atoms with Gasteiger partial charge in [0, 0.05) is 12.1 Å². The molecule has 0 aliphatic heterocycles. The molecule has 21 heavy (non-hydrogen) atoms. The van der Waals surface area contributed by atoms with E-state index in [1.54, 1.807) is 6.33 Å². The summed E-state index contributed by atoms with van der Waals surface area (Å²) in [5.74, 6) is 0.928. The molecule has 0 radical (unpaired) electrons. The summed E-state index contributed by atoms with van der Waals surface area (Å²) in [4.78, 5) is 17.7. The van der Waals surface area contributed by atoms with Crippen molar-refractivity contribution in [3.05, 3.63) is 41.2 Å². The number of aromatic amines is 1. The third kappa shape index (κ3) is 2.50. The van der Waals surface area contributed by atoms with Crippen molar-refractivity contribution in [2.75, 3.05) is 17.7 Å². The van der Waals surface area contributed by atoms with E-state index in [1.165, 1.54) is 0 Å². The van der Waals surface area contributed by atoms with Gasteiger partial charge in [-0.15, -0.1) is 0 Å². The summed E-state index contributed by atoms with van der Waals surface area (Å²) in [6.07, 6.45) is 1.59. The number of nitrogen functional groups attached to an aromatic ring is 1. The highest BCUT2D eigenvalue weighted by atomic mass is 35.5. The zero-order valence-corrected chi connectivity index (χ0v) is 12.5. The molecule has 0 bridgehead atoms. The Morgan fingerprint density at radius 1 is 1.24 bits per heavy atom. The molecule has 0 saturated heterocycles. The number of hydrogen-bond acceptors (Lipinski definition) is 5. The number of benzene rings is 1. The number of rotatable bonds is 3. The van der Waals surface area contributed by atoms with E-state index < -0.39 is 0 Å². The number of aromatic nitrogens is 4. The number of anilines is 2. The second-order valence-electron chi connectivity index (χ2n) is 4.84. The standard InChI is InChI=1S/C14H15ClN6/c1-8(9-3-5-10(15)6-4-9)21(2)13-11-12(18-7-17-11)19-14(16)20-13/h3-8H,1-2H3,(H3,16,17,18,19,20). The van der Waals surface area contributed by atoms with Gasteiger partial charge in [-0.2, -0.15) is 9.97 Å². The van der Waals surface area contributed by atoms with Crippen LogP contribution in [0, 0.1) is 0 Å². The molecule has 3 N–H and O–H groups in total. The van der Waals surface area contributed by atoms with E-state index in [2.05, 4.69) is 26.9 Å². The second-order valence-corrected chi connectivity index (χ2v) is 5.28. The van der Waals surface area contributed by atoms with E-state index in [-0.39, 0.29) is 12.0 Å². The van der Waals surface area contributed by atoms with E-state index in [4.69, 9.17) is 17.3 Å². The van der Waals surface area contributed by atoms with Crippen LogP contribution in [0.5, 0.6) is 0 Å². The maximum atomic E-state index is 5.93. The number of nitrogens with one attached hydrogen (secondary N) is 1. The van der Waals surface area contributed by atoms with Crippen molar-refractivity contribution in [3.8, 4) is 0 Å². The van der Waals surface area contributed by atoms with Gasteiger partial charge in [-0.25, -0.2) is 4.98 Å². The SMILES string of the molecule is CC(c1ccc(Cl)cc1)N(C)c1nc(N)nc2nc[nH]c12. The first-order valence-corrected chi connectivity index (χ1v) is 6.89. The summed E-state index contributed by atoms with van der Waals surface area (Å²) >= 11 is 5.93. The minimum absolute atomic E-state index is 0.100. The normalized spacial score (nSPS) is 12.5. The molecule has 3 aromatic rings. The quantitative estimate of drug-likeness (QED) is 0.777. The number of imidazole rings is 1. The lowest BCUT2D eigenvalue weighted by Crippen LogP contribution is -2.23. The van der Waals surface area contributed by atoms with Crippen molar-refractivity contribution in [2.24, 2.45) is 0 Å². The summed E-state index contributed by atoms with van der Waals surface area (Å²) < 4.78 is 0. The van der Waals surface area contributed by atoms with Crippen LogP contribution in [0.3, 0.4) is 0 Å². The van der Waals surface area contributed by atoms with Gasteiger partial charge in [0.25, 0.3) is 0 Å². The molecule has 2 aromatic heterocycles. The molecule has 0 fully saturated rings. The van der Waals surface area contributed by atoms with Gasteiger partial charge in [0.15, 0.2) is 11.5 Å². The molecular formula is C14H15ClN6. The Kier molecular flexibility index (Phi) is 3.39. The summed E-state index contributed by atoms with van der Waals surface area (Å²) in [5, 5.41) is 0.718. The van der Waals surface area contributed by atoms with Crippen LogP contribution < -0.4 is 10.6 Å². The highest BCUT2D eigenvalue weighted by Gasteiger charge is 2.18. The lowest BCUT2D eigenvalue weighted by Gasteiger charge is -2.26. The van der Waals surface area contributed by atoms with E-state index in [1.807, 2.05) is 36.2 Å². The van der Waals surface area contributed by atoms with Crippen LogP contribution in [0.25, 0.3) is 11.2 Å². The Labute approximate surface area is 127 Å². The van der Waals surface area contributed by atoms with Gasteiger partial charge in [-0.3, -0.25) is 0 Å². The number of nitrogens with two attached hydrogens (primary N) is 1. The summed E-state index contributed by atoms with van der Waals surface area (Å²) in [6.45, 7) is 2.09. The Morgan fingerprint density at radius 3 is 2.67 bits per heavy atom. The van der Waals surface area contributed by atoms with Crippen molar-refractivity contribution < 1.29 is 0 Å². The number of H-pyrrole nitrogens is 1. The van der Waals surface area contributed by atoms with Gasteiger partial charge in [-0.05, 0) is 24.6 Å². The van der Waals surface area contributed by atoms with Crippen LogP contribution in [0.15, 0.2) is 30.6 Å². The highest BCUT2D eigenvalue weighted by Crippen LogP contribution is 2.29. The lowest BCUT2D eigenvalue weighted by atomic mass is 10.1. The average molecular weight is 303 g/mol. The van der Waals surface area contributed by atoms with Crippen LogP contribution in [-0.2, 0) is 0 Å². The zero-order chi connectivity index (χ0) is 15.0. The van der Waals surface area contributed by atoms with Gasteiger partial charge in [0.2, 0.25) is 5.95 Å². The summed E-state index contributed by atoms with van der Waals surface area (Å²) in [6, 6.07) is 7.85. The third-order valence-corrected chi connectivity index (χ3v) is 3.80. The largest absolute Gasteiger partial charge is 0.368 e. The monoisotopic (exact) mass is 302 g/mol. The van der Waals surface area contributed by atoms with E-state index in [0.29, 0.717) is 5.65 Å². The fraction of sp³-hybridized carbons (Fsp3) is 0.214. The van der Waals surface area contributed by atoms with Gasteiger partial charge < -0.3 is 15.6 Å². The molecular weight excluding hydrogens is 288 g/mol. The summed E-state index contributed by atoms with van der Waals surface area (Å²) in [5.41, 5.74) is 8.22. The predicted octanol–water partition coefficient (Wildman–Crippen LogP) is 2.79. The summed E-state index contributed by atoms with van der Waals surface area (Å²) in [7, 11) is 1.96. The number of halogens is 1. The first kappa shape index (κ1) is 13.6. The Bertz CT molecular complexity index is 767. The van der Waals surface area contributed by atoms with Crippen LogP contribution in [0.1, 0.15) is 18.5 Å². The molecule has 0 amide bonds. The molecule has 3 rings (SSSR count). The first-order valence-electron chi connectivity index (χ1n) is 6.51. The van der Waals surface area contributed by atoms with Crippen LogP contribution in [0.4, 0.5) is 11.8 Å². The number of nitrogens with zero attached hydrogens (tertiary/aromatic N) is 4. The molecule has 1 aromatic carbocycles. The van der Waals surface area contributed by atoms with Crippen molar-refractivity contribution >= 4 is 34.5 Å². The molecule has 2 heterocycles. The fourth-order valence-corrected chi connectivity index (χ4v) is 2.36. The Balaban J connectivity index is 2.01. The average Bonchev–Trinajstić information content (AvgIpc) is 2.93. The van der Waals surface area contributed by atoms with Gasteiger partial charge >= 0.3 is 0 Å². The van der Waals surface area contributed by atoms with Gasteiger partial charge in [-0.1, -0.05) is 23.7 Å².